The summed E-state index contributed by atoms with van der Waals surface area (Å²) >= 11 is 5.87. The smallest absolute Gasteiger partial charge is 0.253 e. The van der Waals surface area contributed by atoms with Crippen LogP contribution in [-0.2, 0) is 9.84 Å². The van der Waals surface area contributed by atoms with Crippen LogP contribution in [0.3, 0.4) is 0 Å². The lowest BCUT2D eigenvalue weighted by atomic mass is 10.0. The fourth-order valence-corrected chi connectivity index (χ4v) is 3.77. The van der Waals surface area contributed by atoms with Crippen molar-refractivity contribution in [1.82, 2.24) is 4.90 Å². The van der Waals surface area contributed by atoms with E-state index in [1.54, 1.807) is 11.8 Å². The van der Waals surface area contributed by atoms with Gasteiger partial charge in [-0.15, -0.1) is 0 Å². The molecule has 0 aromatic heterocycles. The van der Waals surface area contributed by atoms with Gasteiger partial charge in [0.1, 0.15) is 0 Å². The molecule has 2 unspecified atom stereocenters. The lowest BCUT2D eigenvalue weighted by Gasteiger charge is -2.18. The Morgan fingerprint density at radius 1 is 1.48 bits per heavy atom. The van der Waals surface area contributed by atoms with Gasteiger partial charge in [-0.1, -0.05) is 11.6 Å². The van der Waals surface area contributed by atoms with Gasteiger partial charge in [0, 0.05) is 30.8 Å². The van der Waals surface area contributed by atoms with Gasteiger partial charge in [0.15, 0.2) is 9.84 Å². The third-order valence-corrected chi connectivity index (χ3v) is 5.35. The predicted octanol–water partition coefficient (Wildman–Crippen LogP) is 1.59. The van der Waals surface area contributed by atoms with Crippen LogP contribution in [-0.4, -0.2) is 49.8 Å². The SMILES string of the molecule is CC(O)C1CCN(C(=O)c2ccc(Cl)c(S(C)(=O)=O)c2)C1. The van der Waals surface area contributed by atoms with E-state index in [0.29, 0.717) is 18.7 Å². The van der Waals surface area contributed by atoms with Crippen LogP contribution in [0.2, 0.25) is 5.02 Å². The van der Waals surface area contributed by atoms with Crippen molar-refractivity contribution in [2.45, 2.75) is 24.3 Å². The molecule has 0 aliphatic carbocycles. The van der Waals surface area contributed by atoms with Crippen molar-refractivity contribution in [3.05, 3.63) is 28.8 Å². The highest BCUT2D eigenvalue weighted by Crippen LogP contribution is 2.25. The van der Waals surface area contributed by atoms with Gasteiger partial charge in [-0.3, -0.25) is 4.79 Å². The quantitative estimate of drug-likeness (QED) is 0.912. The van der Waals surface area contributed by atoms with Gasteiger partial charge in [-0.25, -0.2) is 8.42 Å². The minimum absolute atomic E-state index is 0.0405. The number of likely N-dealkylation sites (tertiary alicyclic amines) is 1. The van der Waals surface area contributed by atoms with Crippen LogP contribution in [0.1, 0.15) is 23.7 Å². The van der Waals surface area contributed by atoms with Crippen molar-refractivity contribution in [1.29, 1.82) is 0 Å². The maximum absolute atomic E-state index is 12.4. The van der Waals surface area contributed by atoms with E-state index in [0.717, 1.165) is 12.7 Å². The fraction of sp³-hybridized carbons (Fsp3) is 0.500. The van der Waals surface area contributed by atoms with Crippen molar-refractivity contribution in [2.75, 3.05) is 19.3 Å². The fourth-order valence-electron chi connectivity index (χ4n) is 2.47. The highest BCUT2D eigenvalue weighted by molar-refractivity contribution is 7.90. The number of aliphatic hydroxyl groups excluding tert-OH is 1. The second-order valence-electron chi connectivity index (χ2n) is 5.46. The molecule has 2 atom stereocenters. The number of hydrogen-bond acceptors (Lipinski definition) is 4. The molecule has 1 amide bonds. The molecule has 1 aromatic carbocycles. The highest BCUT2D eigenvalue weighted by Gasteiger charge is 2.30. The van der Waals surface area contributed by atoms with Crippen LogP contribution in [0.5, 0.6) is 0 Å². The molecule has 1 aliphatic rings. The van der Waals surface area contributed by atoms with Gasteiger partial charge in [-0.05, 0) is 31.5 Å². The summed E-state index contributed by atoms with van der Waals surface area (Å²) in [5, 5.41) is 9.68. The Balaban J connectivity index is 2.25. The number of hydrogen-bond donors (Lipinski definition) is 1. The normalized spacial score (nSPS) is 20.6. The first-order chi connectivity index (χ1) is 9.70. The summed E-state index contributed by atoms with van der Waals surface area (Å²) in [6, 6.07) is 4.26. The second-order valence-corrected chi connectivity index (χ2v) is 7.85. The second kappa shape index (κ2) is 5.94. The number of carbonyl (C=O) groups is 1. The number of halogens is 1. The van der Waals surface area contributed by atoms with Crippen LogP contribution in [0, 0.1) is 5.92 Å². The van der Waals surface area contributed by atoms with Gasteiger partial charge in [-0.2, -0.15) is 0 Å². The first-order valence-corrected chi connectivity index (χ1v) is 8.94. The molecule has 0 bridgehead atoms. The lowest BCUT2D eigenvalue weighted by molar-refractivity contribution is 0.0762. The molecule has 0 saturated carbocycles. The Morgan fingerprint density at radius 3 is 2.67 bits per heavy atom. The maximum Gasteiger partial charge on any atom is 0.253 e. The highest BCUT2D eigenvalue weighted by atomic mass is 35.5. The zero-order chi connectivity index (χ0) is 15.8. The molecule has 5 nitrogen and oxygen atoms in total. The topological polar surface area (TPSA) is 74.7 Å². The summed E-state index contributed by atoms with van der Waals surface area (Å²) in [5.74, 6) is -0.171. The molecule has 7 heteroatoms. The Hall–Kier alpha value is -1.11. The molecule has 1 aromatic rings. The molecule has 1 saturated heterocycles. The zero-order valence-electron chi connectivity index (χ0n) is 11.9. The zero-order valence-corrected chi connectivity index (χ0v) is 13.5. The summed E-state index contributed by atoms with van der Waals surface area (Å²) in [6.45, 7) is 2.75. The molecular formula is C14H18ClNO4S. The molecule has 21 heavy (non-hydrogen) atoms. The standard InChI is InChI=1S/C14H18ClNO4S/c1-9(17)11-5-6-16(8-11)14(18)10-3-4-12(15)13(7-10)21(2,19)20/h3-4,7,9,11,17H,5-6,8H2,1-2H3. The Bertz CT molecular complexity index is 657. The van der Waals surface area contributed by atoms with E-state index in [1.807, 2.05) is 0 Å². The summed E-state index contributed by atoms with van der Waals surface area (Å²) in [7, 11) is -3.48. The molecule has 1 fully saturated rings. The van der Waals surface area contributed by atoms with Gasteiger partial charge in [0.25, 0.3) is 5.91 Å². The van der Waals surface area contributed by atoms with Crippen LogP contribution < -0.4 is 0 Å². The average molecular weight is 332 g/mol. The lowest BCUT2D eigenvalue weighted by Crippen LogP contribution is -2.30. The molecular weight excluding hydrogens is 314 g/mol. The molecule has 0 radical (unpaired) electrons. The molecule has 2 rings (SSSR count). The van der Waals surface area contributed by atoms with Crippen molar-refractivity contribution in [3.63, 3.8) is 0 Å². The van der Waals surface area contributed by atoms with E-state index in [1.165, 1.54) is 18.2 Å². The van der Waals surface area contributed by atoms with E-state index in [-0.39, 0.29) is 21.7 Å². The number of rotatable bonds is 3. The van der Waals surface area contributed by atoms with Gasteiger partial charge >= 0.3 is 0 Å². The summed E-state index contributed by atoms with van der Waals surface area (Å²) in [6.07, 6.45) is 1.34. The number of nitrogens with zero attached hydrogens (tertiary/aromatic N) is 1. The molecule has 0 spiro atoms. The van der Waals surface area contributed by atoms with E-state index in [9.17, 15) is 18.3 Å². The van der Waals surface area contributed by atoms with E-state index >= 15 is 0 Å². The third kappa shape index (κ3) is 3.56. The monoisotopic (exact) mass is 331 g/mol. The van der Waals surface area contributed by atoms with Crippen LogP contribution in [0.25, 0.3) is 0 Å². The van der Waals surface area contributed by atoms with Crippen LogP contribution >= 0.6 is 11.6 Å². The number of sulfone groups is 1. The Labute approximate surface area is 129 Å². The Morgan fingerprint density at radius 2 is 2.14 bits per heavy atom. The Kier molecular flexibility index (Phi) is 4.60. The van der Waals surface area contributed by atoms with E-state index in [4.69, 9.17) is 11.6 Å². The number of benzene rings is 1. The summed E-state index contributed by atoms with van der Waals surface area (Å²) in [4.78, 5) is 14.0. The minimum Gasteiger partial charge on any atom is -0.393 e. The van der Waals surface area contributed by atoms with Crippen molar-refractivity contribution >= 4 is 27.3 Å². The van der Waals surface area contributed by atoms with E-state index < -0.39 is 15.9 Å². The first-order valence-electron chi connectivity index (χ1n) is 6.67. The first kappa shape index (κ1) is 16.3. The van der Waals surface area contributed by atoms with Crippen LogP contribution in [0.4, 0.5) is 0 Å². The van der Waals surface area contributed by atoms with Gasteiger partial charge < -0.3 is 10.0 Å². The third-order valence-electron chi connectivity index (χ3n) is 3.77. The van der Waals surface area contributed by atoms with Gasteiger partial charge in [0.2, 0.25) is 0 Å². The van der Waals surface area contributed by atoms with Crippen LogP contribution in [0.15, 0.2) is 23.1 Å². The number of carbonyl (C=O) groups excluding carboxylic acids is 1. The minimum atomic E-state index is -3.48. The van der Waals surface area contributed by atoms with Crippen molar-refractivity contribution in [3.8, 4) is 0 Å². The molecule has 1 aliphatic heterocycles. The molecule has 116 valence electrons. The maximum atomic E-state index is 12.4. The summed E-state index contributed by atoms with van der Waals surface area (Å²) < 4.78 is 23.3. The number of amides is 1. The number of aliphatic hydroxyl groups is 1. The molecule has 1 N–H and O–H groups in total. The van der Waals surface area contributed by atoms with Gasteiger partial charge in [0.05, 0.1) is 16.0 Å². The van der Waals surface area contributed by atoms with Crippen molar-refractivity contribution in [2.24, 2.45) is 5.92 Å². The largest absolute Gasteiger partial charge is 0.393 e. The molecule has 1 heterocycles. The van der Waals surface area contributed by atoms with Crippen molar-refractivity contribution < 1.29 is 18.3 Å². The average Bonchev–Trinajstić information content (AvgIpc) is 2.86. The predicted molar refractivity (Wildman–Crippen MR) is 80.3 cm³/mol. The summed E-state index contributed by atoms with van der Waals surface area (Å²) in [5.41, 5.74) is 0.297. The van der Waals surface area contributed by atoms with E-state index in [2.05, 4.69) is 0 Å².